The van der Waals surface area contributed by atoms with Gasteiger partial charge in [0.2, 0.25) is 11.8 Å². The van der Waals surface area contributed by atoms with Gasteiger partial charge in [0.05, 0.1) is 24.5 Å². The zero-order chi connectivity index (χ0) is 19.1. The van der Waals surface area contributed by atoms with Gasteiger partial charge < -0.3 is 10.6 Å². The van der Waals surface area contributed by atoms with Gasteiger partial charge in [0, 0.05) is 10.6 Å². The first kappa shape index (κ1) is 19.6. The van der Waals surface area contributed by atoms with Crippen molar-refractivity contribution in [1.29, 1.82) is 0 Å². The predicted octanol–water partition coefficient (Wildman–Crippen LogP) is 3.45. The van der Waals surface area contributed by atoms with Gasteiger partial charge in [-0.15, -0.1) is 11.3 Å². The number of anilines is 1. The van der Waals surface area contributed by atoms with E-state index >= 15 is 0 Å². The maximum Gasteiger partial charge on any atom is 0.239 e. The van der Waals surface area contributed by atoms with Crippen LogP contribution in [0.3, 0.4) is 0 Å². The van der Waals surface area contributed by atoms with E-state index in [2.05, 4.69) is 22.5 Å². The van der Waals surface area contributed by atoms with Gasteiger partial charge in [-0.1, -0.05) is 24.8 Å². The molecule has 0 radical (unpaired) electrons. The van der Waals surface area contributed by atoms with Crippen molar-refractivity contribution in [3.05, 3.63) is 46.7 Å². The number of thioether (sulfide) groups is 1. The third-order valence-corrected chi connectivity index (χ3v) is 5.66. The number of nitrogens with one attached hydrogen (secondary N) is 2. The molecule has 2 amide bonds. The fourth-order valence-electron chi connectivity index (χ4n) is 2.51. The minimum atomic E-state index is -0.0680. The molecule has 1 saturated heterocycles. The predicted molar refractivity (Wildman–Crippen MR) is 113 cm³/mol. The van der Waals surface area contributed by atoms with E-state index in [9.17, 15) is 9.59 Å². The van der Waals surface area contributed by atoms with Gasteiger partial charge in [0.1, 0.15) is 0 Å². The number of nitrogens with zero attached hydrogens (tertiary/aromatic N) is 2. The van der Waals surface area contributed by atoms with Crippen molar-refractivity contribution < 1.29 is 9.59 Å². The Morgan fingerprint density at radius 3 is 2.78 bits per heavy atom. The van der Waals surface area contributed by atoms with Crippen LogP contribution < -0.4 is 10.6 Å². The molecule has 6 nitrogen and oxygen atoms in total. The molecule has 8 heteroatoms. The summed E-state index contributed by atoms with van der Waals surface area (Å²) in [5.41, 5.74) is 1.48. The fourth-order valence-corrected chi connectivity index (χ4v) is 4.10. The Balaban J connectivity index is 1.62. The normalized spacial score (nSPS) is 15.5. The van der Waals surface area contributed by atoms with Crippen molar-refractivity contribution in [2.45, 2.75) is 19.9 Å². The molecule has 0 saturated carbocycles. The van der Waals surface area contributed by atoms with Crippen LogP contribution in [-0.2, 0) is 16.1 Å². The molecule has 1 aromatic carbocycles. The Labute approximate surface area is 167 Å². The van der Waals surface area contributed by atoms with Gasteiger partial charge in [-0.3, -0.25) is 14.5 Å². The maximum absolute atomic E-state index is 12.2. The molecule has 1 aliphatic rings. The van der Waals surface area contributed by atoms with E-state index in [1.165, 1.54) is 11.8 Å². The molecular formula is C19H22N4O2S2. The zero-order valence-corrected chi connectivity index (χ0v) is 16.7. The van der Waals surface area contributed by atoms with Gasteiger partial charge in [-0.05, 0) is 48.7 Å². The van der Waals surface area contributed by atoms with Gasteiger partial charge in [0.15, 0.2) is 5.17 Å². The molecule has 0 spiro atoms. The van der Waals surface area contributed by atoms with E-state index in [0.29, 0.717) is 24.0 Å². The molecule has 1 fully saturated rings. The number of amides is 2. The summed E-state index contributed by atoms with van der Waals surface area (Å²) in [6, 6.07) is 11.3. The third-order valence-electron chi connectivity index (χ3n) is 3.84. The average molecular weight is 403 g/mol. The highest BCUT2D eigenvalue weighted by molar-refractivity contribution is 8.15. The topological polar surface area (TPSA) is 73.8 Å². The highest BCUT2D eigenvalue weighted by Gasteiger charge is 2.28. The molecule has 1 aliphatic heterocycles. The van der Waals surface area contributed by atoms with Crippen LogP contribution in [0.1, 0.15) is 18.2 Å². The standard InChI is InChI=1S/C19H22N4O2S2/c1-2-9-20-11-17(24)21-14-5-7-15(8-6-14)22-19-23(18(25)13-27-19)12-16-4-3-10-26-16/h3-8,10,20H,2,9,11-13H2,1H3,(H,21,24). The van der Waals surface area contributed by atoms with E-state index < -0.39 is 0 Å². The highest BCUT2D eigenvalue weighted by Crippen LogP contribution is 2.27. The SMILES string of the molecule is CCCNCC(=O)Nc1ccc(N=C2SCC(=O)N2Cc2cccs2)cc1. The number of rotatable bonds is 8. The van der Waals surface area contributed by atoms with Crippen molar-refractivity contribution >= 4 is 51.5 Å². The van der Waals surface area contributed by atoms with Crippen molar-refractivity contribution in [2.24, 2.45) is 4.99 Å². The van der Waals surface area contributed by atoms with Gasteiger partial charge in [-0.25, -0.2) is 4.99 Å². The Morgan fingerprint density at radius 2 is 2.07 bits per heavy atom. The molecule has 0 bridgehead atoms. The Bertz CT molecular complexity index is 804. The number of thiophene rings is 1. The summed E-state index contributed by atoms with van der Waals surface area (Å²) < 4.78 is 0. The number of carbonyl (C=O) groups excluding carboxylic acids is 2. The maximum atomic E-state index is 12.2. The summed E-state index contributed by atoms with van der Waals surface area (Å²) in [7, 11) is 0. The quantitative estimate of drug-likeness (QED) is 0.664. The molecule has 2 heterocycles. The van der Waals surface area contributed by atoms with E-state index in [1.807, 2.05) is 41.8 Å². The monoisotopic (exact) mass is 402 g/mol. The smallest absolute Gasteiger partial charge is 0.239 e. The van der Waals surface area contributed by atoms with Crippen LogP contribution in [0, 0.1) is 0 Å². The Kier molecular flexibility index (Phi) is 7.03. The van der Waals surface area contributed by atoms with Crippen LogP contribution in [0.25, 0.3) is 0 Å². The van der Waals surface area contributed by atoms with Crippen LogP contribution in [0.2, 0.25) is 0 Å². The van der Waals surface area contributed by atoms with E-state index in [0.717, 1.165) is 29.2 Å². The van der Waals surface area contributed by atoms with Gasteiger partial charge in [0.25, 0.3) is 0 Å². The van der Waals surface area contributed by atoms with Crippen LogP contribution in [0.5, 0.6) is 0 Å². The van der Waals surface area contributed by atoms with Crippen molar-refractivity contribution in [3.63, 3.8) is 0 Å². The molecule has 0 atom stereocenters. The molecule has 2 aromatic rings. The summed E-state index contributed by atoms with van der Waals surface area (Å²) in [6.45, 7) is 3.74. The van der Waals surface area contributed by atoms with Gasteiger partial charge >= 0.3 is 0 Å². The second kappa shape index (κ2) is 9.68. The van der Waals surface area contributed by atoms with E-state index in [-0.39, 0.29) is 11.8 Å². The fraction of sp³-hybridized carbons (Fsp3) is 0.316. The first-order valence-corrected chi connectivity index (χ1v) is 10.7. The number of hydrogen-bond acceptors (Lipinski definition) is 6. The van der Waals surface area contributed by atoms with E-state index in [4.69, 9.17) is 0 Å². The van der Waals surface area contributed by atoms with Crippen LogP contribution in [-0.4, -0.2) is 40.7 Å². The molecule has 1 aromatic heterocycles. The first-order chi connectivity index (χ1) is 13.2. The minimum Gasteiger partial charge on any atom is -0.325 e. The Hall–Kier alpha value is -2.16. The minimum absolute atomic E-state index is 0.0680. The lowest BCUT2D eigenvalue weighted by Gasteiger charge is -2.14. The molecule has 27 heavy (non-hydrogen) atoms. The van der Waals surface area contributed by atoms with Crippen LogP contribution >= 0.6 is 23.1 Å². The van der Waals surface area contributed by atoms with Gasteiger partial charge in [-0.2, -0.15) is 0 Å². The second-order valence-corrected chi connectivity index (χ2v) is 7.99. The molecule has 142 valence electrons. The molecule has 0 unspecified atom stereocenters. The Morgan fingerprint density at radius 1 is 1.26 bits per heavy atom. The van der Waals surface area contributed by atoms with Crippen LogP contribution in [0.15, 0.2) is 46.8 Å². The summed E-state index contributed by atoms with van der Waals surface area (Å²) >= 11 is 3.09. The van der Waals surface area contributed by atoms with Crippen LogP contribution in [0.4, 0.5) is 11.4 Å². The van der Waals surface area contributed by atoms with Crippen molar-refractivity contribution in [3.8, 4) is 0 Å². The third kappa shape index (κ3) is 5.66. The first-order valence-electron chi connectivity index (χ1n) is 8.80. The lowest BCUT2D eigenvalue weighted by molar-refractivity contribution is -0.124. The number of carbonyl (C=O) groups is 2. The summed E-state index contributed by atoms with van der Waals surface area (Å²) in [5.74, 6) is 0.431. The number of benzene rings is 1. The highest BCUT2D eigenvalue weighted by atomic mass is 32.2. The van der Waals surface area contributed by atoms with Crippen molar-refractivity contribution in [1.82, 2.24) is 10.2 Å². The molecule has 3 rings (SSSR count). The van der Waals surface area contributed by atoms with Crippen molar-refractivity contribution in [2.75, 3.05) is 24.2 Å². The second-order valence-electron chi connectivity index (χ2n) is 6.01. The lowest BCUT2D eigenvalue weighted by atomic mass is 10.3. The number of aliphatic imine (C=N–C) groups is 1. The number of amidine groups is 1. The number of hydrogen-bond donors (Lipinski definition) is 2. The zero-order valence-electron chi connectivity index (χ0n) is 15.1. The van der Waals surface area contributed by atoms with E-state index in [1.54, 1.807) is 16.2 Å². The molecular weight excluding hydrogens is 380 g/mol. The lowest BCUT2D eigenvalue weighted by Crippen LogP contribution is -2.28. The summed E-state index contributed by atoms with van der Waals surface area (Å²) in [5, 5.41) is 8.64. The summed E-state index contributed by atoms with van der Waals surface area (Å²) in [4.78, 5) is 31.5. The largest absolute Gasteiger partial charge is 0.325 e. The summed E-state index contributed by atoms with van der Waals surface area (Å²) in [6.07, 6.45) is 0.992. The molecule has 0 aliphatic carbocycles. The average Bonchev–Trinajstić information content (AvgIpc) is 3.29. The molecule has 2 N–H and O–H groups in total.